The van der Waals surface area contributed by atoms with Crippen molar-refractivity contribution in [3.8, 4) is 11.3 Å². The van der Waals surface area contributed by atoms with Gasteiger partial charge in [-0.15, -0.1) is 0 Å². The summed E-state index contributed by atoms with van der Waals surface area (Å²) in [6, 6.07) is 12.9. The quantitative estimate of drug-likeness (QED) is 0.354. The van der Waals surface area contributed by atoms with E-state index in [2.05, 4.69) is 21.5 Å². The van der Waals surface area contributed by atoms with Crippen LogP contribution >= 0.6 is 0 Å². The molecule has 2 heterocycles. The highest BCUT2D eigenvalue weighted by Gasteiger charge is 2.17. The van der Waals surface area contributed by atoms with Gasteiger partial charge in [0.1, 0.15) is 24.0 Å². The highest BCUT2D eigenvalue weighted by molar-refractivity contribution is 6.07. The predicted octanol–water partition coefficient (Wildman–Crippen LogP) is 5.08. The van der Waals surface area contributed by atoms with Crippen LogP contribution in [-0.4, -0.2) is 0 Å². The summed E-state index contributed by atoms with van der Waals surface area (Å²) in [5.74, 6) is -0.553. The number of halogens is 1. The van der Waals surface area contributed by atoms with Gasteiger partial charge >= 0.3 is 0 Å². The molecule has 2 aromatic carbocycles. The van der Waals surface area contributed by atoms with E-state index in [0.29, 0.717) is 11.2 Å². The average molecular weight is 317 g/mol. The second kappa shape index (κ2) is 5.17. The average Bonchev–Trinajstić information content (AvgIpc) is 2.89. The van der Waals surface area contributed by atoms with E-state index in [-0.39, 0.29) is 5.69 Å². The molecule has 0 aliphatic heterocycles. The predicted molar refractivity (Wildman–Crippen MR) is 91.3 cm³/mol. The fraction of sp³-hybridized carbons (Fsp3) is 0.100. The summed E-state index contributed by atoms with van der Waals surface area (Å²) in [4.78, 5) is 3.25. The van der Waals surface area contributed by atoms with Crippen molar-refractivity contribution in [2.45, 2.75) is 6.92 Å². The summed E-state index contributed by atoms with van der Waals surface area (Å²) in [6.07, 6.45) is 2.00. The normalized spacial score (nSPS) is 11.1. The van der Waals surface area contributed by atoms with E-state index >= 15 is 0 Å². The van der Waals surface area contributed by atoms with Crippen molar-refractivity contribution in [2.24, 2.45) is 7.05 Å². The summed E-state index contributed by atoms with van der Waals surface area (Å²) < 4.78 is 21.7. The van der Waals surface area contributed by atoms with Gasteiger partial charge in [-0.2, -0.15) is 0 Å². The molecule has 3 nitrogen and oxygen atoms in total. The molecular weight excluding hydrogens is 303 g/mol. The first-order valence-electron chi connectivity index (χ1n) is 7.57. The number of nitrogens with zero attached hydrogens (tertiary/aromatic N) is 2. The lowest BCUT2D eigenvalue weighted by Crippen LogP contribution is -2.30. The molecule has 0 bridgehead atoms. The lowest BCUT2D eigenvalue weighted by atomic mass is 10.0. The molecule has 4 aromatic rings. The van der Waals surface area contributed by atoms with Crippen LogP contribution in [0.2, 0.25) is 0 Å². The maximum atomic E-state index is 13.8. The highest BCUT2D eigenvalue weighted by Crippen LogP contribution is 2.36. The van der Waals surface area contributed by atoms with Gasteiger partial charge < -0.3 is 4.42 Å². The first-order valence-corrected chi connectivity index (χ1v) is 7.57. The molecule has 0 aliphatic carbocycles. The molecule has 0 unspecified atom stereocenters. The number of aryl methyl sites for hydroxylation is 2. The number of hydrogen-bond acceptors (Lipinski definition) is 1. The Labute approximate surface area is 138 Å². The minimum absolute atomic E-state index is 0.0117. The molecular formula is C20H14FN2O+. The highest BCUT2D eigenvalue weighted by atomic mass is 19.1. The minimum atomic E-state index is -0.553. The molecule has 0 saturated carbocycles. The van der Waals surface area contributed by atoms with Gasteiger partial charge in [0.25, 0.3) is 0 Å². The zero-order chi connectivity index (χ0) is 16.8. The minimum Gasteiger partial charge on any atom is -0.456 e. The van der Waals surface area contributed by atoms with Crippen molar-refractivity contribution < 1.29 is 13.4 Å². The molecule has 4 rings (SSSR count). The third-order valence-corrected chi connectivity index (χ3v) is 4.34. The van der Waals surface area contributed by atoms with Crippen molar-refractivity contribution in [3.63, 3.8) is 0 Å². The maximum Gasteiger partial charge on any atom is 0.222 e. The molecule has 0 N–H and O–H groups in total. The fourth-order valence-electron chi connectivity index (χ4n) is 3.10. The standard InChI is InChI=1S/C20H14FN2O/c1-12-8-19-14(9-13(12)18-6-4-5-7-23(18)3)15-10-17(22-2)16(21)11-20(15)24-19/h4-11H,1,3H3/q+1. The van der Waals surface area contributed by atoms with Crippen LogP contribution in [0.5, 0.6) is 0 Å². The molecule has 0 atom stereocenters. The Morgan fingerprint density at radius 2 is 1.83 bits per heavy atom. The van der Waals surface area contributed by atoms with E-state index in [4.69, 9.17) is 11.0 Å². The Kier molecular flexibility index (Phi) is 3.10. The van der Waals surface area contributed by atoms with E-state index in [0.717, 1.165) is 27.6 Å². The number of fused-ring (bicyclic) bond motifs is 3. The molecule has 4 heteroatoms. The van der Waals surface area contributed by atoms with Crippen molar-refractivity contribution in [3.05, 3.63) is 71.5 Å². The first-order chi connectivity index (χ1) is 11.6. The van der Waals surface area contributed by atoms with Gasteiger partial charge in [-0.1, -0.05) is 0 Å². The third-order valence-electron chi connectivity index (χ3n) is 4.34. The Morgan fingerprint density at radius 1 is 1.08 bits per heavy atom. The number of benzene rings is 2. The van der Waals surface area contributed by atoms with Gasteiger partial charge in [0, 0.05) is 34.5 Å². The van der Waals surface area contributed by atoms with E-state index in [1.54, 1.807) is 6.07 Å². The van der Waals surface area contributed by atoms with Crippen LogP contribution in [0, 0.1) is 19.3 Å². The molecule has 2 aromatic heterocycles. The van der Waals surface area contributed by atoms with Crippen LogP contribution < -0.4 is 4.57 Å². The summed E-state index contributed by atoms with van der Waals surface area (Å²) in [5.41, 5.74) is 4.42. The number of rotatable bonds is 1. The molecule has 0 saturated heterocycles. The van der Waals surface area contributed by atoms with E-state index in [1.807, 2.05) is 38.4 Å². The van der Waals surface area contributed by atoms with Crippen LogP contribution in [0.1, 0.15) is 5.56 Å². The van der Waals surface area contributed by atoms with Gasteiger partial charge in [-0.25, -0.2) is 13.8 Å². The van der Waals surface area contributed by atoms with Crippen LogP contribution in [0.15, 0.2) is 53.1 Å². The summed E-state index contributed by atoms with van der Waals surface area (Å²) in [7, 11) is 2.00. The first kappa shape index (κ1) is 14.4. The zero-order valence-electron chi connectivity index (χ0n) is 13.3. The van der Waals surface area contributed by atoms with Crippen molar-refractivity contribution >= 4 is 27.6 Å². The van der Waals surface area contributed by atoms with Crippen molar-refractivity contribution in [1.29, 1.82) is 0 Å². The second-order valence-electron chi connectivity index (χ2n) is 5.87. The lowest BCUT2D eigenvalue weighted by Gasteiger charge is -2.04. The largest absolute Gasteiger partial charge is 0.456 e. The van der Waals surface area contributed by atoms with Crippen molar-refractivity contribution in [2.75, 3.05) is 0 Å². The van der Waals surface area contributed by atoms with E-state index in [1.165, 1.54) is 6.07 Å². The van der Waals surface area contributed by atoms with E-state index < -0.39 is 5.82 Å². The molecule has 0 fully saturated rings. The number of pyridine rings is 1. The smallest absolute Gasteiger partial charge is 0.222 e. The number of hydrogen-bond donors (Lipinski definition) is 0. The van der Waals surface area contributed by atoms with Crippen LogP contribution in [0.3, 0.4) is 0 Å². The van der Waals surface area contributed by atoms with Gasteiger partial charge in [-0.05, 0) is 36.8 Å². The summed E-state index contributed by atoms with van der Waals surface area (Å²) >= 11 is 0. The fourth-order valence-corrected chi connectivity index (χ4v) is 3.10. The third kappa shape index (κ3) is 2.06. The number of aromatic nitrogens is 1. The Bertz CT molecular complexity index is 1150. The molecule has 0 spiro atoms. The van der Waals surface area contributed by atoms with Crippen LogP contribution in [0.25, 0.3) is 38.0 Å². The molecule has 0 aliphatic rings. The molecule has 24 heavy (non-hydrogen) atoms. The second-order valence-corrected chi connectivity index (χ2v) is 5.87. The van der Waals surface area contributed by atoms with Gasteiger partial charge in [0.2, 0.25) is 11.4 Å². The molecule has 0 amide bonds. The molecule has 116 valence electrons. The summed E-state index contributed by atoms with van der Waals surface area (Å²) in [5, 5.41) is 1.65. The van der Waals surface area contributed by atoms with E-state index in [9.17, 15) is 4.39 Å². The van der Waals surface area contributed by atoms with Crippen molar-refractivity contribution in [1.82, 2.24) is 0 Å². The SMILES string of the molecule is [C-]#[N+]c1cc2c(cc1F)oc1cc(C)c(-c3cccc[n+]3C)cc12. The number of furan rings is 1. The maximum absolute atomic E-state index is 13.8. The monoisotopic (exact) mass is 317 g/mol. The summed E-state index contributed by atoms with van der Waals surface area (Å²) in [6.45, 7) is 9.14. The van der Waals surface area contributed by atoms with Crippen LogP contribution in [0.4, 0.5) is 10.1 Å². The lowest BCUT2D eigenvalue weighted by molar-refractivity contribution is -0.660. The van der Waals surface area contributed by atoms with Gasteiger partial charge in [0.15, 0.2) is 6.20 Å². The molecule has 0 radical (unpaired) electrons. The Morgan fingerprint density at radius 3 is 2.58 bits per heavy atom. The van der Waals surface area contributed by atoms with Gasteiger partial charge in [-0.3, -0.25) is 0 Å². The van der Waals surface area contributed by atoms with Crippen LogP contribution in [-0.2, 0) is 7.05 Å². The Hall–Kier alpha value is -3.19. The van der Waals surface area contributed by atoms with Gasteiger partial charge in [0.05, 0.1) is 6.57 Å². The topological polar surface area (TPSA) is 21.4 Å². The Balaban J connectivity index is 2.08. The zero-order valence-corrected chi connectivity index (χ0v) is 13.3.